The summed E-state index contributed by atoms with van der Waals surface area (Å²) in [6.07, 6.45) is 0.685. The lowest BCUT2D eigenvalue weighted by molar-refractivity contribution is -0.133. The maximum Gasteiger partial charge on any atom is 0.293 e. The summed E-state index contributed by atoms with van der Waals surface area (Å²) in [5.41, 5.74) is 0.958. The minimum absolute atomic E-state index is 0.156. The van der Waals surface area contributed by atoms with Crippen LogP contribution >= 0.6 is 0 Å². The van der Waals surface area contributed by atoms with E-state index in [9.17, 15) is 13.6 Å². The van der Waals surface area contributed by atoms with Crippen LogP contribution in [-0.2, 0) is 9.53 Å². The van der Waals surface area contributed by atoms with E-state index >= 15 is 0 Å². The van der Waals surface area contributed by atoms with E-state index in [1.54, 1.807) is 13.8 Å². The van der Waals surface area contributed by atoms with Crippen LogP contribution in [0.5, 0.6) is 0 Å². The Kier molecular flexibility index (Phi) is 4.12. The Morgan fingerprint density at radius 3 is 2.50 bits per heavy atom. The molecule has 0 amide bonds. The summed E-state index contributed by atoms with van der Waals surface area (Å²) in [4.78, 5) is 17.5. The molecule has 0 fully saturated rings. The highest BCUT2D eigenvalue weighted by Gasteiger charge is 2.31. The summed E-state index contributed by atoms with van der Waals surface area (Å²) >= 11 is 0. The van der Waals surface area contributed by atoms with E-state index in [1.807, 2.05) is 0 Å². The van der Waals surface area contributed by atoms with Gasteiger partial charge in [-0.2, -0.15) is 0 Å². The van der Waals surface area contributed by atoms with Gasteiger partial charge < -0.3 is 9.72 Å². The van der Waals surface area contributed by atoms with Gasteiger partial charge in [0.15, 0.2) is 0 Å². The molecule has 1 heterocycles. The highest BCUT2D eigenvalue weighted by molar-refractivity contribution is 5.40. The number of imidazole rings is 1. The van der Waals surface area contributed by atoms with Gasteiger partial charge in [-0.1, -0.05) is 6.07 Å². The topological polar surface area (TPSA) is 55.0 Å². The van der Waals surface area contributed by atoms with Crippen molar-refractivity contribution in [2.45, 2.75) is 25.9 Å². The van der Waals surface area contributed by atoms with Crippen LogP contribution in [0.25, 0.3) is 0 Å². The zero-order valence-electron chi connectivity index (χ0n) is 11.1. The lowest BCUT2D eigenvalue weighted by atomic mass is 9.89. The fraction of sp³-hybridized carbons (Fsp3) is 0.286. The highest BCUT2D eigenvalue weighted by Crippen LogP contribution is 2.33. The number of carbonyl (C=O) groups excluding carboxylic acids is 1. The van der Waals surface area contributed by atoms with E-state index in [0.29, 0.717) is 11.4 Å². The molecular weight excluding hydrogens is 266 g/mol. The Morgan fingerprint density at radius 1 is 1.35 bits per heavy atom. The molecule has 1 N–H and O–H groups in total. The van der Waals surface area contributed by atoms with Gasteiger partial charge in [0.05, 0.1) is 17.9 Å². The van der Waals surface area contributed by atoms with Crippen LogP contribution < -0.4 is 0 Å². The first-order chi connectivity index (χ1) is 9.56. The fourth-order valence-electron chi connectivity index (χ4n) is 2.25. The predicted octanol–water partition coefficient (Wildman–Crippen LogP) is 2.69. The number of nitrogens with zero attached hydrogens (tertiary/aromatic N) is 1. The maximum atomic E-state index is 14.0. The monoisotopic (exact) mass is 280 g/mol. The molecule has 4 nitrogen and oxygen atoms in total. The number of rotatable bonds is 5. The van der Waals surface area contributed by atoms with Gasteiger partial charge in [0.2, 0.25) is 0 Å². The largest absolute Gasteiger partial charge is 0.464 e. The molecule has 20 heavy (non-hydrogen) atoms. The summed E-state index contributed by atoms with van der Waals surface area (Å²) < 4.78 is 32.9. The molecule has 2 rings (SSSR count). The molecule has 0 saturated carbocycles. The van der Waals surface area contributed by atoms with Crippen LogP contribution in [0.4, 0.5) is 8.78 Å². The van der Waals surface area contributed by atoms with Crippen LogP contribution in [0.1, 0.15) is 29.8 Å². The van der Waals surface area contributed by atoms with Gasteiger partial charge in [-0.15, -0.1) is 0 Å². The molecule has 106 valence electrons. The van der Waals surface area contributed by atoms with Crippen LogP contribution in [0.2, 0.25) is 0 Å². The van der Waals surface area contributed by atoms with Crippen LogP contribution in [-0.4, -0.2) is 22.5 Å². The smallest absolute Gasteiger partial charge is 0.293 e. The number of H-pyrrole nitrogens is 1. The highest BCUT2D eigenvalue weighted by atomic mass is 19.1. The van der Waals surface area contributed by atoms with Crippen LogP contribution in [0.3, 0.4) is 0 Å². The fourth-order valence-corrected chi connectivity index (χ4v) is 2.25. The van der Waals surface area contributed by atoms with Crippen molar-refractivity contribution < 1.29 is 18.3 Å². The van der Waals surface area contributed by atoms with Gasteiger partial charge in [0, 0.05) is 11.3 Å². The summed E-state index contributed by atoms with van der Waals surface area (Å²) in [5.74, 6) is -2.20. The van der Waals surface area contributed by atoms with Crippen molar-refractivity contribution in [3.8, 4) is 0 Å². The average Bonchev–Trinajstić information content (AvgIpc) is 2.80. The van der Waals surface area contributed by atoms with E-state index in [-0.39, 0.29) is 12.0 Å². The second kappa shape index (κ2) is 5.81. The zero-order chi connectivity index (χ0) is 14.7. The van der Waals surface area contributed by atoms with Crippen molar-refractivity contribution in [2.75, 3.05) is 0 Å². The molecule has 0 aliphatic carbocycles. The lowest BCUT2D eigenvalue weighted by Crippen LogP contribution is -2.23. The second-order valence-corrected chi connectivity index (χ2v) is 4.46. The Hall–Kier alpha value is -2.24. The van der Waals surface area contributed by atoms with E-state index in [1.165, 1.54) is 24.5 Å². The molecular formula is C14H14F2N2O2. The molecule has 2 atom stereocenters. The number of aromatic nitrogens is 2. The average molecular weight is 280 g/mol. The Bertz CT molecular complexity index is 593. The number of aromatic amines is 1. The van der Waals surface area contributed by atoms with Gasteiger partial charge in [-0.05, 0) is 26.0 Å². The normalized spacial score (nSPS) is 13.8. The molecule has 0 aliphatic rings. The van der Waals surface area contributed by atoms with Crippen LogP contribution in [0, 0.1) is 18.6 Å². The molecule has 0 saturated heterocycles. The molecule has 1 aromatic heterocycles. The quantitative estimate of drug-likeness (QED) is 0.857. The number of ether oxygens (including phenoxy) is 1. The third-order valence-corrected chi connectivity index (χ3v) is 3.21. The molecule has 0 bridgehead atoms. The minimum atomic E-state index is -0.812. The third kappa shape index (κ3) is 2.54. The number of carbonyl (C=O) groups is 1. The number of aryl methyl sites for hydroxylation is 1. The summed E-state index contributed by atoms with van der Waals surface area (Å²) in [6.45, 7) is 3.57. The second-order valence-electron chi connectivity index (χ2n) is 4.46. The first-order valence-corrected chi connectivity index (χ1v) is 6.09. The van der Waals surface area contributed by atoms with E-state index in [4.69, 9.17) is 4.74 Å². The minimum Gasteiger partial charge on any atom is -0.464 e. The van der Waals surface area contributed by atoms with Gasteiger partial charge >= 0.3 is 0 Å². The summed E-state index contributed by atoms with van der Waals surface area (Å²) in [7, 11) is 0. The van der Waals surface area contributed by atoms with Crippen LogP contribution in [0.15, 0.2) is 24.5 Å². The van der Waals surface area contributed by atoms with Crippen molar-refractivity contribution in [1.82, 2.24) is 9.97 Å². The first kappa shape index (κ1) is 14.2. The predicted molar refractivity (Wildman–Crippen MR) is 68.1 cm³/mol. The third-order valence-electron chi connectivity index (χ3n) is 3.21. The molecule has 2 unspecified atom stereocenters. The molecule has 2 aromatic rings. The van der Waals surface area contributed by atoms with Gasteiger partial charge in [-0.3, -0.25) is 4.79 Å². The summed E-state index contributed by atoms with van der Waals surface area (Å²) in [5, 5.41) is 0. The SMILES string of the molecule is Cc1[nH]cnc1C(c1c(F)cccc1F)C(C)OC=O. The standard InChI is InChI=1S/C14H14F2N2O2/c1-8-14(18-6-17-8)12(9(2)20-7-19)13-10(15)4-3-5-11(13)16/h3-7,9,12H,1-2H3,(H,17,18). The zero-order valence-corrected chi connectivity index (χ0v) is 11.1. The number of hydrogen-bond acceptors (Lipinski definition) is 3. The van der Waals surface area contributed by atoms with E-state index in [2.05, 4.69) is 9.97 Å². The lowest BCUT2D eigenvalue weighted by Gasteiger charge is -2.23. The molecule has 0 spiro atoms. The number of hydrogen-bond donors (Lipinski definition) is 1. The van der Waals surface area contributed by atoms with Crippen molar-refractivity contribution in [3.63, 3.8) is 0 Å². The van der Waals surface area contributed by atoms with Crippen molar-refractivity contribution >= 4 is 6.47 Å². The van der Waals surface area contributed by atoms with E-state index < -0.39 is 23.7 Å². The Labute approximate surface area is 114 Å². The molecule has 0 aliphatic heterocycles. The van der Waals surface area contributed by atoms with Crippen molar-refractivity contribution in [1.29, 1.82) is 0 Å². The van der Waals surface area contributed by atoms with Crippen molar-refractivity contribution in [3.05, 3.63) is 53.1 Å². The maximum absolute atomic E-state index is 14.0. The van der Waals surface area contributed by atoms with Gasteiger partial charge in [0.1, 0.15) is 17.7 Å². The molecule has 6 heteroatoms. The molecule has 1 aromatic carbocycles. The Balaban J connectivity index is 2.58. The number of benzene rings is 1. The van der Waals surface area contributed by atoms with Gasteiger partial charge in [0.25, 0.3) is 6.47 Å². The van der Waals surface area contributed by atoms with Gasteiger partial charge in [-0.25, -0.2) is 13.8 Å². The molecule has 0 radical (unpaired) electrons. The number of halogens is 2. The van der Waals surface area contributed by atoms with E-state index in [0.717, 1.165) is 0 Å². The Morgan fingerprint density at radius 2 is 2.00 bits per heavy atom. The first-order valence-electron chi connectivity index (χ1n) is 6.09. The van der Waals surface area contributed by atoms with Crippen molar-refractivity contribution in [2.24, 2.45) is 0 Å². The number of nitrogens with one attached hydrogen (secondary N) is 1. The summed E-state index contributed by atoms with van der Waals surface area (Å²) in [6, 6.07) is 3.62.